The summed E-state index contributed by atoms with van der Waals surface area (Å²) in [5.74, 6) is 2.17. The van der Waals surface area contributed by atoms with Crippen LogP contribution < -0.4 is 9.47 Å². The number of hydrogen-bond acceptors (Lipinski definition) is 3. The van der Waals surface area contributed by atoms with Crippen LogP contribution in [0, 0.1) is 0 Å². The highest BCUT2D eigenvalue weighted by atomic mass is 35.5. The van der Waals surface area contributed by atoms with E-state index in [0.717, 1.165) is 28.2 Å². The second-order valence-corrected chi connectivity index (χ2v) is 6.73. The van der Waals surface area contributed by atoms with Gasteiger partial charge in [0.15, 0.2) is 11.5 Å². The van der Waals surface area contributed by atoms with E-state index in [1.807, 2.05) is 79.0 Å². The van der Waals surface area contributed by atoms with Gasteiger partial charge in [-0.15, -0.1) is 0 Å². The van der Waals surface area contributed by atoms with Crippen molar-refractivity contribution in [3.05, 3.63) is 89.6 Å². The van der Waals surface area contributed by atoms with Crippen LogP contribution in [0.3, 0.4) is 0 Å². The molecule has 0 atom stereocenters. The van der Waals surface area contributed by atoms with Crippen molar-refractivity contribution in [2.45, 2.75) is 6.61 Å². The van der Waals surface area contributed by atoms with E-state index in [2.05, 4.69) is 9.97 Å². The zero-order valence-corrected chi connectivity index (χ0v) is 16.1. The van der Waals surface area contributed by atoms with Crippen LogP contribution in [-0.4, -0.2) is 17.1 Å². The Bertz CT molecular complexity index is 1060. The summed E-state index contributed by atoms with van der Waals surface area (Å²) < 4.78 is 11.5. The van der Waals surface area contributed by atoms with Crippen LogP contribution in [0.1, 0.15) is 5.56 Å². The number of nitrogens with one attached hydrogen (secondary N) is 1. The molecular formula is C23H19ClN2O2. The second-order valence-electron chi connectivity index (χ2n) is 6.29. The highest BCUT2D eigenvalue weighted by Gasteiger charge is 2.10. The Hall–Kier alpha value is -3.24. The van der Waals surface area contributed by atoms with Crippen LogP contribution >= 0.6 is 11.6 Å². The van der Waals surface area contributed by atoms with E-state index < -0.39 is 0 Å². The van der Waals surface area contributed by atoms with Gasteiger partial charge in [0.05, 0.1) is 19.0 Å². The molecule has 140 valence electrons. The zero-order valence-electron chi connectivity index (χ0n) is 15.4. The molecule has 4 rings (SSSR count). The van der Waals surface area contributed by atoms with Crippen molar-refractivity contribution in [2.24, 2.45) is 0 Å². The van der Waals surface area contributed by atoms with E-state index in [1.54, 1.807) is 7.11 Å². The summed E-state index contributed by atoms with van der Waals surface area (Å²) in [5.41, 5.74) is 3.95. The Kier molecular flexibility index (Phi) is 5.31. The first kappa shape index (κ1) is 18.1. The first-order valence-electron chi connectivity index (χ1n) is 8.89. The molecule has 0 aliphatic carbocycles. The summed E-state index contributed by atoms with van der Waals surface area (Å²) in [7, 11) is 1.64. The van der Waals surface area contributed by atoms with Gasteiger partial charge in [-0.3, -0.25) is 0 Å². The first-order valence-corrected chi connectivity index (χ1v) is 9.27. The fourth-order valence-electron chi connectivity index (χ4n) is 2.91. The van der Waals surface area contributed by atoms with Crippen LogP contribution in [0.5, 0.6) is 11.5 Å². The molecule has 0 bridgehead atoms. The molecule has 4 aromatic rings. The third kappa shape index (κ3) is 4.02. The van der Waals surface area contributed by atoms with Gasteiger partial charge in [-0.1, -0.05) is 41.9 Å². The molecule has 0 aliphatic rings. The average molecular weight is 391 g/mol. The Morgan fingerprint density at radius 3 is 2.39 bits per heavy atom. The number of hydrogen-bond donors (Lipinski definition) is 1. The molecule has 0 saturated carbocycles. The number of imidazole rings is 1. The van der Waals surface area contributed by atoms with Crippen molar-refractivity contribution in [1.82, 2.24) is 9.97 Å². The number of rotatable bonds is 6. The monoisotopic (exact) mass is 390 g/mol. The number of H-pyrrole nitrogens is 1. The van der Waals surface area contributed by atoms with Crippen LogP contribution in [0.4, 0.5) is 0 Å². The first-order chi connectivity index (χ1) is 13.7. The molecule has 1 heterocycles. The van der Waals surface area contributed by atoms with Gasteiger partial charge in [-0.05, 0) is 48.0 Å². The highest BCUT2D eigenvalue weighted by Crippen LogP contribution is 2.33. The van der Waals surface area contributed by atoms with E-state index in [1.165, 1.54) is 0 Å². The van der Waals surface area contributed by atoms with E-state index in [9.17, 15) is 0 Å². The Labute approximate surface area is 168 Å². The molecule has 0 spiro atoms. The van der Waals surface area contributed by atoms with Crippen LogP contribution in [-0.2, 0) is 6.61 Å². The minimum Gasteiger partial charge on any atom is -0.493 e. The third-order valence-electron chi connectivity index (χ3n) is 4.41. The molecule has 1 aromatic heterocycles. The van der Waals surface area contributed by atoms with Crippen molar-refractivity contribution in [3.8, 4) is 34.1 Å². The number of nitrogens with zero attached hydrogens (tertiary/aromatic N) is 1. The normalized spacial score (nSPS) is 10.6. The number of ether oxygens (including phenoxy) is 2. The molecule has 0 aliphatic heterocycles. The molecule has 5 heteroatoms. The molecule has 3 aromatic carbocycles. The molecule has 28 heavy (non-hydrogen) atoms. The summed E-state index contributed by atoms with van der Waals surface area (Å²) >= 11 is 5.96. The smallest absolute Gasteiger partial charge is 0.161 e. The summed E-state index contributed by atoms with van der Waals surface area (Å²) in [6.45, 7) is 0.487. The van der Waals surface area contributed by atoms with Gasteiger partial charge in [0.25, 0.3) is 0 Å². The summed E-state index contributed by atoms with van der Waals surface area (Å²) in [5, 5.41) is 0.700. The second kappa shape index (κ2) is 8.19. The maximum Gasteiger partial charge on any atom is 0.161 e. The minimum atomic E-state index is 0.487. The van der Waals surface area contributed by atoms with Crippen molar-refractivity contribution >= 4 is 11.6 Å². The highest BCUT2D eigenvalue weighted by molar-refractivity contribution is 6.30. The molecule has 0 unspecified atom stereocenters. The SMILES string of the molecule is COc1cc(-c2cnc(-c3ccc(Cl)cc3)[nH]2)ccc1OCc1ccccc1. The van der Waals surface area contributed by atoms with E-state index in [4.69, 9.17) is 21.1 Å². The number of benzene rings is 3. The summed E-state index contributed by atoms with van der Waals surface area (Å²) in [6, 6.07) is 23.5. The predicted octanol–water partition coefficient (Wildman–Crippen LogP) is 5.98. The van der Waals surface area contributed by atoms with Crippen molar-refractivity contribution in [3.63, 3.8) is 0 Å². The lowest BCUT2D eigenvalue weighted by atomic mass is 10.1. The van der Waals surface area contributed by atoms with E-state index in [0.29, 0.717) is 23.1 Å². The largest absolute Gasteiger partial charge is 0.493 e. The Morgan fingerprint density at radius 1 is 0.893 bits per heavy atom. The minimum absolute atomic E-state index is 0.487. The molecular weight excluding hydrogens is 372 g/mol. The molecule has 1 N–H and O–H groups in total. The van der Waals surface area contributed by atoms with Crippen molar-refractivity contribution < 1.29 is 9.47 Å². The molecule has 0 radical (unpaired) electrons. The lowest BCUT2D eigenvalue weighted by Crippen LogP contribution is -1.97. The van der Waals surface area contributed by atoms with Gasteiger partial charge >= 0.3 is 0 Å². The third-order valence-corrected chi connectivity index (χ3v) is 4.66. The standard InChI is InChI=1S/C23H19ClN2O2/c1-27-22-13-18(9-12-21(22)28-15-16-5-3-2-4-6-16)20-14-25-23(26-20)17-7-10-19(24)11-8-17/h2-14H,15H2,1H3,(H,25,26). The van der Waals surface area contributed by atoms with Crippen molar-refractivity contribution in [2.75, 3.05) is 7.11 Å². The van der Waals surface area contributed by atoms with Gasteiger partial charge in [0.2, 0.25) is 0 Å². The summed E-state index contributed by atoms with van der Waals surface area (Å²) in [4.78, 5) is 7.82. The molecule has 0 fully saturated rings. The maximum atomic E-state index is 5.96. The Morgan fingerprint density at radius 2 is 1.64 bits per heavy atom. The fourth-order valence-corrected chi connectivity index (χ4v) is 3.04. The zero-order chi connectivity index (χ0) is 19.3. The topological polar surface area (TPSA) is 47.1 Å². The molecule has 0 amide bonds. The van der Waals surface area contributed by atoms with Crippen LogP contribution in [0.2, 0.25) is 5.02 Å². The van der Waals surface area contributed by atoms with E-state index >= 15 is 0 Å². The quantitative estimate of drug-likeness (QED) is 0.440. The lowest BCUT2D eigenvalue weighted by Gasteiger charge is -2.12. The number of aromatic nitrogens is 2. The average Bonchev–Trinajstić information content (AvgIpc) is 3.23. The number of aromatic amines is 1. The molecule has 0 saturated heterocycles. The Balaban J connectivity index is 1.55. The van der Waals surface area contributed by atoms with Crippen LogP contribution in [0.15, 0.2) is 79.0 Å². The molecule has 4 nitrogen and oxygen atoms in total. The van der Waals surface area contributed by atoms with Gasteiger partial charge in [-0.25, -0.2) is 4.98 Å². The van der Waals surface area contributed by atoms with Gasteiger partial charge in [0.1, 0.15) is 12.4 Å². The predicted molar refractivity (Wildman–Crippen MR) is 112 cm³/mol. The fraction of sp³-hybridized carbons (Fsp3) is 0.0870. The number of methoxy groups -OCH3 is 1. The maximum absolute atomic E-state index is 5.96. The van der Waals surface area contributed by atoms with Gasteiger partial charge < -0.3 is 14.5 Å². The van der Waals surface area contributed by atoms with E-state index in [-0.39, 0.29) is 0 Å². The lowest BCUT2D eigenvalue weighted by molar-refractivity contribution is 0.284. The van der Waals surface area contributed by atoms with Gasteiger partial charge in [-0.2, -0.15) is 0 Å². The number of halogens is 1. The van der Waals surface area contributed by atoms with Crippen LogP contribution in [0.25, 0.3) is 22.6 Å². The van der Waals surface area contributed by atoms with Gasteiger partial charge in [0, 0.05) is 16.1 Å². The van der Waals surface area contributed by atoms with Crippen molar-refractivity contribution in [1.29, 1.82) is 0 Å². The summed E-state index contributed by atoms with van der Waals surface area (Å²) in [6.07, 6.45) is 1.81.